The van der Waals surface area contributed by atoms with Crippen molar-refractivity contribution in [3.63, 3.8) is 0 Å². The standard InChI is InChI=1S/C18H14.C6H12O2/c1-3-9-15(10-4-1)17-13-7-8-14-18(17)16-11-5-2-6-12-16;1-5(7)8-6(2,3)4/h1-14H;1-4H3. The summed E-state index contributed by atoms with van der Waals surface area (Å²) in [6.07, 6.45) is 0. The number of hydrogen-bond donors (Lipinski definition) is 0. The van der Waals surface area contributed by atoms with Gasteiger partial charge in [0.2, 0.25) is 0 Å². The van der Waals surface area contributed by atoms with E-state index in [0.29, 0.717) is 0 Å². The molecule has 0 amide bonds. The van der Waals surface area contributed by atoms with Gasteiger partial charge in [-0.1, -0.05) is 84.9 Å². The van der Waals surface area contributed by atoms with Crippen LogP contribution in [0.25, 0.3) is 22.3 Å². The van der Waals surface area contributed by atoms with Gasteiger partial charge in [-0.05, 0) is 43.0 Å². The van der Waals surface area contributed by atoms with Crippen LogP contribution < -0.4 is 0 Å². The second-order valence-corrected chi connectivity index (χ2v) is 6.98. The molecule has 0 aliphatic rings. The Morgan fingerprint density at radius 1 is 0.654 bits per heavy atom. The molecule has 26 heavy (non-hydrogen) atoms. The third-order valence-corrected chi connectivity index (χ3v) is 3.55. The molecule has 3 aromatic rings. The summed E-state index contributed by atoms with van der Waals surface area (Å²) < 4.78 is 4.80. The van der Waals surface area contributed by atoms with Gasteiger partial charge in [0.05, 0.1) is 0 Å². The van der Waals surface area contributed by atoms with Gasteiger partial charge in [0, 0.05) is 6.92 Å². The van der Waals surface area contributed by atoms with Gasteiger partial charge in [-0.15, -0.1) is 0 Å². The van der Waals surface area contributed by atoms with Crippen molar-refractivity contribution in [2.24, 2.45) is 0 Å². The maximum Gasteiger partial charge on any atom is 0.303 e. The van der Waals surface area contributed by atoms with Crippen molar-refractivity contribution in [3.8, 4) is 22.3 Å². The van der Waals surface area contributed by atoms with Crippen LogP contribution >= 0.6 is 0 Å². The van der Waals surface area contributed by atoms with Crippen LogP contribution in [0.15, 0.2) is 84.9 Å². The second-order valence-electron chi connectivity index (χ2n) is 6.98. The number of esters is 1. The lowest BCUT2D eigenvalue weighted by atomic mass is 9.95. The number of carbonyl (C=O) groups is 1. The molecule has 0 radical (unpaired) electrons. The average Bonchev–Trinajstić information content (AvgIpc) is 2.62. The van der Waals surface area contributed by atoms with Crippen LogP contribution in [-0.4, -0.2) is 11.6 Å². The van der Waals surface area contributed by atoms with E-state index in [0.717, 1.165) is 0 Å². The van der Waals surface area contributed by atoms with Gasteiger partial charge in [0.15, 0.2) is 0 Å². The van der Waals surface area contributed by atoms with Crippen molar-refractivity contribution in [1.29, 1.82) is 0 Å². The van der Waals surface area contributed by atoms with E-state index < -0.39 is 0 Å². The molecule has 3 rings (SSSR count). The van der Waals surface area contributed by atoms with Crippen LogP contribution in [0.5, 0.6) is 0 Å². The number of benzene rings is 3. The molecule has 0 aromatic heterocycles. The maximum atomic E-state index is 10.2. The van der Waals surface area contributed by atoms with Crippen LogP contribution in [0.2, 0.25) is 0 Å². The molecule has 0 unspecified atom stereocenters. The Morgan fingerprint density at radius 2 is 1.00 bits per heavy atom. The molecule has 0 heterocycles. The molecular formula is C24H26O2. The van der Waals surface area contributed by atoms with Crippen molar-refractivity contribution >= 4 is 5.97 Å². The molecule has 0 saturated carbocycles. The zero-order valence-electron chi connectivity index (χ0n) is 15.9. The fraction of sp³-hybridized carbons (Fsp3) is 0.208. The monoisotopic (exact) mass is 346 g/mol. The highest BCUT2D eigenvalue weighted by Crippen LogP contribution is 2.31. The first kappa shape index (κ1) is 19.5. The van der Waals surface area contributed by atoms with E-state index in [1.165, 1.54) is 29.2 Å². The fourth-order valence-corrected chi connectivity index (χ4v) is 2.65. The van der Waals surface area contributed by atoms with Gasteiger partial charge in [0.25, 0.3) is 0 Å². The quantitative estimate of drug-likeness (QED) is 0.504. The maximum absolute atomic E-state index is 10.2. The molecular weight excluding hydrogens is 320 g/mol. The molecule has 0 spiro atoms. The normalized spacial score (nSPS) is 10.5. The van der Waals surface area contributed by atoms with Crippen molar-refractivity contribution in [3.05, 3.63) is 84.9 Å². The summed E-state index contributed by atoms with van der Waals surface area (Å²) in [5.41, 5.74) is 4.76. The van der Waals surface area contributed by atoms with Crippen molar-refractivity contribution in [1.82, 2.24) is 0 Å². The second kappa shape index (κ2) is 9.00. The summed E-state index contributed by atoms with van der Waals surface area (Å²) in [5, 5.41) is 0. The van der Waals surface area contributed by atoms with Crippen molar-refractivity contribution < 1.29 is 9.53 Å². The van der Waals surface area contributed by atoms with Gasteiger partial charge in [-0.25, -0.2) is 0 Å². The molecule has 2 nitrogen and oxygen atoms in total. The molecule has 0 saturated heterocycles. The first-order chi connectivity index (χ1) is 12.4. The third kappa shape index (κ3) is 6.21. The van der Waals surface area contributed by atoms with Crippen molar-refractivity contribution in [2.45, 2.75) is 33.3 Å². The Hall–Kier alpha value is -2.87. The highest BCUT2D eigenvalue weighted by atomic mass is 16.6. The summed E-state index contributed by atoms with van der Waals surface area (Å²) in [7, 11) is 0. The zero-order valence-corrected chi connectivity index (χ0v) is 15.9. The summed E-state index contributed by atoms with van der Waals surface area (Å²) in [5.74, 6) is -0.225. The van der Waals surface area contributed by atoms with E-state index in [-0.39, 0.29) is 11.6 Å². The van der Waals surface area contributed by atoms with Gasteiger partial charge in [0.1, 0.15) is 5.60 Å². The Kier molecular flexibility index (Phi) is 6.74. The van der Waals surface area contributed by atoms with Gasteiger partial charge < -0.3 is 4.74 Å². The Bertz CT molecular complexity index is 757. The van der Waals surface area contributed by atoms with E-state index in [2.05, 4.69) is 84.9 Å². The molecule has 0 atom stereocenters. The minimum Gasteiger partial charge on any atom is -0.460 e. The van der Waals surface area contributed by atoms with E-state index in [1.54, 1.807) is 0 Å². The highest BCUT2D eigenvalue weighted by molar-refractivity contribution is 5.83. The highest BCUT2D eigenvalue weighted by Gasteiger charge is 2.11. The SMILES string of the molecule is CC(=O)OC(C)(C)C.c1ccc(-c2ccccc2-c2ccccc2)cc1. The molecule has 0 fully saturated rings. The summed E-state index contributed by atoms with van der Waals surface area (Å²) >= 11 is 0. The van der Waals surface area contributed by atoms with Crippen LogP contribution in [-0.2, 0) is 9.53 Å². The Morgan fingerprint density at radius 3 is 1.27 bits per heavy atom. The van der Waals surface area contributed by atoms with E-state index in [9.17, 15) is 4.79 Å². The lowest BCUT2D eigenvalue weighted by molar-refractivity contribution is -0.151. The summed E-state index contributed by atoms with van der Waals surface area (Å²) in [4.78, 5) is 10.2. The number of ether oxygens (including phenoxy) is 1. The van der Waals surface area contributed by atoms with Gasteiger partial charge >= 0.3 is 5.97 Å². The van der Waals surface area contributed by atoms with E-state index in [4.69, 9.17) is 4.74 Å². The minimum atomic E-state index is -0.328. The Balaban J connectivity index is 0.000000260. The molecule has 0 aliphatic heterocycles. The average molecular weight is 346 g/mol. The molecule has 0 N–H and O–H groups in total. The van der Waals surface area contributed by atoms with Gasteiger partial charge in [-0.2, -0.15) is 0 Å². The predicted molar refractivity (Wildman–Crippen MR) is 109 cm³/mol. The van der Waals surface area contributed by atoms with Gasteiger partial charge in [-0.3, -0.25) is 4.79 Å². The summed E-state index contributed by atoms with van der Waals surface area (Å²) in [6, 6.07) is 29.6. The molecule has 2 heteroatoms. The zero-order chi connectivity index (χ0) is 19.0. The van der Waals surface area contributed by atoms with Crippen LogP contribution in [0.3, 0.4) is 0 Å². The smallest absolute Gasteiger partial charge is 0.303 e. The Labute approximate surface area is 156 Å². The van der Waals surface area contributed by atoms with Crippen molar-refractivity contribution in [2.75, 3.05) is 0 Å². The minimum absolute atomic E-state index is 0.225. The lowest BCUT2D eigenvalue weighted by Gasteiger charge is -2.17. The first-order valence-electron chi connectivity index (χ1n) is 8.76. The first-order valence-corrected chi connectivity index (χ1v) is 8.76. The number of hydrogen-bond acceptors (Lipinski definition) is 2. The van der Waals surface area contributed by atoms with Crippen LogP contribution in [0.1, 0.15) is 27.7 Å². The largest absolute Gasteiger partial charge is 0.460 e. The number of carbonyl (C=O) groups excluding carboxylic acids is 1. The summed E-state index contributed by atoms with van der Waals surface area (Å²) in [6.45, 7) is 6.93. The molecule has 134 valence electrons. The molecule has 0 bridgehead atoms. The topological polar surface area (TPSA) is 26.3 Å². The molecule has 3 aromatic carbocycles. The third-order valence-electron chi connectivity index (χ3n) is 3.55. The van der Waals surface area contributed by atoms with E-state index >= 15 is 0 Å². The van der Waals surface area contributed by atoms with E-state index in [1.807, 2.05) is 20.8 Å². The molecule has 0 aliphatic carbocycles. The van der Waals surface area contributed by atoms with Crippen LogP contribution in [0.4, 0.5) is 0 Å². The fourth-order valence-electron chi connectivity index (χ4n) is 2.65. The van der Waals surface area contributed by atoms with Crippen LogP contribution in [0, 0.1) is 0 Å². The number of rotatable bonds is 2. The predicted octanol–water partition coefficient (Wildman–Crippen LogP) is 6.37. The lowest BCUT2D eigenvalue weighted by Crippen LogP contribution is -2.21.